The Kier molecular flexibility index (Phi) is 4.70. The Morgan fingerprint density at radius 2 is 2.10 bits per heavy atom. The number of halogens is 1. The van der Waals surface area contributed by atoms with Crippen LogP contribution < -0.4 is 5.32 Å². The van der Waals surface area contributed by atoms with Gasteiger partial charge in [-0.2, -0.15) is 5.10 Å². The maximum Gasteiger partial charge on any atom is 0.246 e. The first-order valence-electron chi connectivity index (χ1n) is 7.15. The van der Waals surface area contributed by atoms with E-state index in [2.05, 4.69) is 26.3 Å². The molecule has 2 heterocycles. The molecular weight excluding hydrogens is 336 g/mol. The first-order valence-corrected chi connectivity index (χ1v) is 7.94. The molecule has 0 saturated carbocycles. The lowest BCUT2D eigenvalue weighted by molar-refractivity contribution is -0.146. The SMILES string of the molecule is CCn1nc(C)c(Br)c1CN1CC(=O)NC(C(C)C)C1=O. The first-order chi connectivity index (χ1) is 9.85. The van der Waals surface area contributed by atoms with E-state index in [1.165, 1.54) is 0 Å². The van der Waals surface area contributed by atoms with E-state index >= 15 is 0 Å². The van der Waals surface area contributed by atoms with Crippen molar-refractivity contribution in [3.05, 3.63) is 15.9 Å². The Balaban J connectivity index is 2.26. The van der Waals surface area contributed by atoms with Gasteiger partial charge in [0.1, 0.15) is 12.6 Å². The van der Waals surface area contributed by atoms with Crippen LogP contribution in [0.3, 0.4) is 0 Å². The minimum Gasteiger partial charge on any atom is -0.343 e. The highest BCUT2D eigenvalue weighted by atomic mass is 79.9. The Morgan fingerprint density at radius 3 is 2.67 bits per heavy atom. The zero-order valence-corrected chi connectivity index (χ0v) is 14.4. The van der Waals surface area contributed by atoms with E-state index in [9.17, 15) is 9.59 Å². The fraction of sp³-hybridized carbons (Fsp3) is 0.643. The third-order valence-electron chi connectivity index (χ3n) is 3.69. The highest BCUT2D eigenvalue weighted by Crippen LogP contribution is 2.23. The quantitative estimate of drug-likeness (QED) is 0.887. The van der Waals surface area contributed by atoms with Gasteiger partial charge in [-0.1, -0.05) is 13.8 Å². The minimum atomic E-state index is -0.441. The third-order valence-corrected chi connectivity index (χ3v) is 4.72. The molecule has 6 nitrogen and oxygen atoms in total. The van der Waals surface area contributed by atoms with Gasteiger partial charge in [0.15, 0.2) is 0 Å². The molecule has 116 valence electrons. The van der Waals surface area contributed by atoms with Gasteiger partial charge in [-0.05, 0) is 35.7 Å². The van der Waals surface area contributed by atoms with Gasteiger partial charge in [-0.3, -0.25) is 14.3 Å². The molecule has 2 rings (SSSR count). The Morgan fingerprint density at radius 1 is 1.43 bits per heavy atom. The van der Waals surface area contributed by atoms with Gasteiger partial charge < -0.3 is 10.2 Å². The zero-order valence-electron chi connectivity index (χ0n) is 12.8. The molecule has 1 aliphatic heterocycles. The van der Waals surface area contributed by atoms with E-state index in [0.29, 0.717) is 6.54 Å². The van der Waals surface area contributed by atoms with Gasteiger partial charge in [-0.25, -0.2) is 0 Å². The van der Waals surface area contributed by atoms with Crippen molar-refractivity contribution in [1.82, 2.24) is 20.0 Å². The fourth-order valence-electron chi connectivity index (χ4n) is 2.52. The van der Waals surface area contributed by atoms with Crippen LogP contribution in [-0.4, -0.2) is 39.1 Å². The maximum atomic E-state index is 12.5. The summed E-state index contributed by atoms with van der Waals surface area (Å²) in [4.78, 5) is 25.9. The van der Waals surface area contributed by atoms with E-state index in [-0.39, 0.29) is 24.3 Å². The molecule has 1 aromatic rings. The van der Waals surface area contributed by atoms with Crippen LogP contribution in [0.2, 0.25) is 0 Å². The zero-order chi connectivity index (χ0) is 15.7. The van der Waals surface area contributed by atoms with Gasteiger partial charge in [0.25, 0.3) is 0 Å². The molecule has 1 unspecified atom stereocenters. The number of piperazine rings is 1. The van der Waals surface area contributed by atoms with E-state index in [0.717, 1.165) is 22.4 Å². The summed E-state index contributed by atoms with van der Waals surface area (Å²) in [5.41, 5.74) is 1.82. The van der Waals surface area contributed by atoms with Crippen molar-refractivity contribution in [2.24, 2.45) is 5.92 Å². The molecule has 7 heteroatoms. The van der Waals surface area contributed by atoms with Crippen LogP contribution in [0.4, 0.5) is 0 Å². The Bertz CT molecular complexity index is 568. The molecular formula is C14H21BrN4O2. The smallest absolute Gasteiger partial charge is 0.246 e. The van der Waals surface area contributed by atoms with Crippen molar-refractivity contribution in [2.45, 2.75) is 46.8 Å². The molecule has 1 fully saturated rings. The molecule has 0 radical (unpaired) electrons. The fourth-order valence-corrected chi connectivity index (χ4v) is 2.92. The second-order valence-corrected chi connectivity index (χ2v) is 6.44. The molecule has 0 spiro atoms. The first kappa shape index (κ1) is 16.0. The van der Waals surface area contributed by atoms with Crippen LogP contribution in [0.5, 0.6) is 0 Å². The van der Waals surface area contributed by atoms with E-state index < -0.39 is 6.04 Å². The molecule has 1 atom stereocenters. The van der Waals surface area contributed by atoms with Crippen LogP contribution in [0, 0.1) is 12.8 Å². The van der Waals surface area contributed by atoms with Crippen LogP contribution in [0.1, 0.15) is 32.2 Å². The predicted molar refractivity (Wildman–Crippen MR) is 82.5 cm³/mol. The lowest BCUT2D eigenvalue weighted by atomic mass is 10.0. The largest absolute Gasteiger partial charge is 0.343 e. The van der Waals surface area contributed by atoms with Crippen LogP contribution in [0.25, 0.3) is 0 Å². The summed E-state index contributed by atoms with van der Waals surface area (Å²) in [5, 5.41) is 7.19. The van der Waals surface area contributed by atoms with Gasteiger partial charge in [0.2, 0.25) is 11.8 Å². The summed E-state index contributed by atoms with van der Waals surface area (Å²) in [6, 6.07) is -0.441. The molecule has 1 N–H and O–H groups in total. The van der Waals surface area contributed by atoms with Crippen LogP contribution in [-0.2, 0) is 22.7 Å². The molecule has 2 amide bonds. The van der Waals surface area contributed by atoms with Crippen molar-refractivity contribution in [3.8, 4) is 0 Å². The van der Waals surface area contributed by atoms with E-state index in [1.807, 2.05) is 32.4 Å². The highest BCUT2D eigenvalue weighted by molar-refractivity contribution is 9.10. The second-order valence-electron chi connectivity index (χ2n) is 5.65. The summed E-state index contributed by atoms with van der Waals surface area (Å²) in [6.45, 7) is 9.01. The van der Waals surface area contributed by atoms with Crippen molar-refractivity contribution < 1.29 is 9.59 Å². The van der Waals surface area contributed by atoms with Crippen LogP contribution >= 0.6 is 15.9 Å². The number of hydrogen-bond donors (Lipinski definition) is 1. The number of amides is 2. The molecule has 1 saturated heterocycles. The van der Waals surface area contributed by atoms with Crippen molar-refractivity contribution >= 4 is 27.7 Å². The number of carbonyl (C=O) groups is 2. The maximum absolute atomic E-state index is 12.5. The molecule has 0 bridgehead atoms. The summed E-state index contributed by atoms with van der Waals surface area (Å²) in [5.74, 6) is -0.0628. The monoisotopic (exact) mass is 356 g/mol. The summed E-state index contributed by atoms with van der Waals surface area (Å²) < 4.78 is 2.77. The Hall–Kier alpha value is -1.37. The minimum absolute atomic E-state index is 0.0296. The highest BCUT2D eigenvalue weighted by Gasteiger charge is 2.35. The van der Waals surface area contributed by atoms with Crippen LogP contribution in [0.15, 0.2) is 4.47 Å². The van der Waals surface area contributed by atoms with E-state index in [1.54, 1.807) is 4.90 Å². The number of nitrogens with zero attached hydrogens (tertiary/aromatic N) is 3. The Labute approximate surface area is 133 Å². The summed E-state index contributed by atoms with van der Waals surface area (Å²) in [7, 11) is 0. The van der Waals surface area contributed by atoms with Gasteiger partial charge in [0, 0.05) is 6.54 Å². The number of carbonyl (C=O) groups excluding carboxylic acids is 2. The molecule has 21 heavy (non-hydrogen) atoms. The van der Waals surface area contributed by atoms with Gasteiger partial charge in [0.05, 0.1) is 22.4 Å². The topological polar surface area (TPSA) is 67.2 Å². The number of nitrogens with one attached hydrogen (secondary N) is 1. The normalized spacial score (nSPS) is 19.3. The van der Waals surface area contributed by atoms with Gasteiger partial charge >= 0.3 is 0 Å². The average Bonchev–Trinajstić information content (AvgIpc) is 2.69. The second kappa shape index (κ2) is 6.17. The third kappa shape index (κ3) is 3.12. The van der Waals surface area contributed by atoms with Gasteiger partial charge in [-0.15, -0.1) is 0 Å². The standard InChI is InChI=1S/C14H21BrN4O2/c1-5-19-10(12(15)9(4)17-19)6-18-7-11(20)16-13(8(2)3)14(18)21/h8,13H,5-7H2,1-4H3,(H,16,20). The number of rotatable bonds is 4. The molecule has 1 aliphatic rings. The number of aromatic nitrogens is 2. The average molecular weight is 357 g/mol. The summed E-state index contributed by atoms with van der Waals surface area (Å²) >= 11 is 3.53. The lowest BCUT2D eigenvalue weighted by Gasteiger charge is -2.34. The lowest BCUT2D eigenvalue weighted by Crippen LogP contribution is -2.59. The predicted octanol–water partition coefficient (Wildman–Crippen LogP) is 1.46. The molecule has 1 aromatic heterocycles. The number of aryl methyl sites for hydroxylation is 2. The van der Waals surface area contributed by atoms with Crippen molar-refractivity contribution in [1.29, 1.82) is 0 Å². The van der Waals surface area contributed by atoms with E-state index in [4.69, 9.17) is 0 Å². The summed E-state index contributed by atoms with van der Waals surface area (Å²) in [6.07, 6.45) is 0. The molecule has 0 aromatic carbocycles. The van der Waals surface area contributed by atoms with Crippen molar-refractivity contribution in [2.75, 3.05) is 6.54 Å². The number of hydrogen-bond acceptors (Lipinski definition) is 3. The molecule has 0 aliphatic carbocycles. The van der Waals surface area contributed by atoms with Crippen molar-refractivity contribution in [3.63, 3.8) is 0 Å².